The number of rotatable bonds is 4. The highest BCUT2D eigenvalue weighted by atomic mass is 32.2. The molecule has 0 N–H and O–H groups in total. The molecule has 2 aromatic heterocycles. The number of likely N-dealkylation sites (N-methyl/N-ethyl adjacent to an activating group) is 1. The van der Waals surface area contributed by atoms with Crippen LogP contribution in [0.25, 0.3) is 5.82 Å². The number of sulfonamides is 1. The normalized spacial score (nSPS) is 21.7. The number of aromatic nitrogens is 3. The number of imidazole rings is 1. The average Bonchev–Trinajstić information content (AvgIpc) is 3.16. The molecule has 2 aliphatic heterocycles. The monoisotopic (exact) mass is 446 g/mol. The number of hydrogen-bond donors (Lipinski definition) is 0. The summed E-state index contributed by atoms with van der Waals surface area (Å²) in [7, 11) is -1.48. The first-order valence-corrected chi connectivity index (χ1v) is 12.3. The summed E-state index contributed by atoms with van der Waals surface area (Å²) in [6.45, 7) is 6.40. The van der Waals surface area contributed by atoms with Gasteiger partial charge in [-0.1, -0.05) is 6.92 Å². The second-order valence-electron chi connectivity index (χ2n) is 8.58. The number of hydrogen-bond acceptors (Lipinski definition) is 6. The molecule has 168 valence electrons. The van der Waals surface area contributed by atoms with Gasteiger partial charge in [0, 0.05) is 45.1 Å². The van der Waals surface area contributed by atoms with Gasteiger partial charge in [-0.05, 0) is 50.9 Å². The Morgan fingerprint density at radius 1 is 1.06 bits per heavy atom. The molecule has 2 aliphatic rings. The van der Waals surface area contributed by atoms with E-state index in [-0.39, 0.29) is 10.8 Å². The van der Waals surface area contributed by atoms with Crippen LogP contribution in [0.3, 0.4) is 0 Å². The van der Waals surface area contributed by atoms with E-state index in [1.165, 1.54) is 6.20 Å². The molecular formula is C21H30N6O3S. The van der Waals surface area contributed by atoms with Crippen LogP contribution in [0.15, 0.2) is 35.7 Å². The second-order valence-corrected chi connectivity index (χ2v) is 10.5. The van der Waals surface area contributed by atoms with E-state index in [0.29, 0.717) is 37.1 Å². The molecule has 1 atom stereocenters. The Morgan fingerprint density at radius 2 is 1.90 bits per heavy atom. The van der Waals surface area contributed by atoms with E-state index in [2.05, 4.69) is 28.8 Å². The van der Waals surface area contributed by atoms with Crippen molar-refractivity contribution < 1.29 is 13.2 Å². The highest BCUT2D eigenvalue weighted by molar-refractivity contribution is 7.89. The summed E-state index contributed by atoms with van der Waals surface area (Å²) in [5.74, 6) is 0.794. The lowest BCUT2D eigenvalue weighted by molar-refractivity contribution is 0.0757. The van der Waals surface area contributed by atoms with Crippen LogP contribution in [-0.2, 0) is 10.0 Å². The lowest BCUT2D eigenvalue weighted by atomic mass is 10.0. The maximum absolute atomic E-state index is 12.9. The van der Waals surface area contributed by atoms with Gasteiger partial charge in [0.05, 0.1) is 0 Å². The molecule has 0 bridgehead atoms. The van der Waals surface area contributed by atoms with Crippen molar-refractivity contribution in [1.29, 1.82) is 0 Å². The summed E-state index contributed by atoms with van der Waals surface area (Å²) in [6.07, 6.45) is 7.45. The third kappa shape index (κ3) is 4.81. The van der Waals surface area contributed by atoms with Gasteiger partial charge in [0.1, 0.15) is 22.7 Å². The first-order chi connectivity index (χ1) is 14.8. The maximum atomic E-state index is 12.9. The molecule has 0 aromatic carbocycles. The Bertz CT molecular complexity index is 1020. The lowest BCUT2D eigenvalue weighted by Gasteiger charge is -2.29. The van der Waals surface area contributed by atoms with Crippen molar-refractivity contribution in [2.75, 3.05) is 46.3 Å². The Balaban J connectivity index is 1.47. The molecule has 2 saturated heterocycles. The topological polar surface area (TPSA) is 91.6 Å². The van der Waals surface area contributed by atoms with Gasteiger partial charge < -0.3 is 9.80 Å². The van der Waals surface area contributed by atoms with Gasteiger partial charge in [-0.15, -0.1) is 0 Å². The molecule has 2 fully saturated rings. The van der Waals surface area contributed by atoms with Crippen LogP contribution in [0, 0.1) is 5.92 Å². The van der Waals surface area contributed by atoms with Crippen LogP contribution in [-0.4, -0.2) is 89.3 Å². The van der Waals surface area contributed by atoms with Crippen LogP contribution in [0.2, 0.25) is 0 Å². The smallest absolute Gasteiger partial charge is 0.274 e. The molecule has 1 amide bonds. The van der Waals surface area contributed by atoms with Crippen molar-refractivity contribution in [3.63, 3.8) is 0 Å². The summed E-state index contributed by atoms with van der Waals surface area (Å²) in [5.41, 5.74) is 0.366. The molecule has 0 unspecified atom stereocenters. The zero-order chi connectivity index (χ0) is 22.0. The average molecular weight is 447 g/mol. The fourth-order valence-corrected chi connectivity index (χ4v) is 5.71. The minimum Gasteiger partial charge on any atom is -0.336 e. The van der Waals surface area contributed by atoms with Crippen LogP contribution in [0.5, 0.6) is 0 Å². The maximum Gasteiger partial charge on any atom is 0.274 e. The number of pyridine rings is 1. The summed E-state index contributed by atoms with van der Waals surface area (Å²) >= 11 is 0. The van der Waals surface area contributed by atoms with Crippen molar-refractivity contribution in [2.45, 2.75) is 31.1 Å². The number of carbonyl (C=O) groups is 1. The van der Waals surface area contributed by atoms with E-state index in [4.69, 9.17) is 0 Å². The van der Waals surface area contributed by atoms with Gasteiger partial charge in [0.2, 0.25) is 10.0 Å². The largest absolute Gasteiger partial charge is 0.336 e. The molecular weight excluding hydrogens is 416 g/mol. The molecule has 4 rings (SSSR count). The first-order valence-electron chi connectivity index (χ1n) is 10.8. The molecule has 0 saturated carbocycles. The highest BCUT2D eigenvalue weighted by Gasteiger charge is 2.29. The van der Waals surface area contributed by atoms with Crippen LogP contribution in [0.1, 0.15) is 36.7 Å². The summed E-state index contributed by atoms with van der Waals surface area (Å²) in [5, 5.41) is 0. The zero-order valence-corrected chi connectivity index (χ0v) is 19.0. The summed E-state index contributed by atoms with van der Waals surface area (Å²) in [6, 6.07) is 3.22. The molecule has 0 spiro atoms. The molecule has 4 heterocycles. The van der Waals surface area contributed by atoms with Crippen molar-refractivity contribution in [1.82, 2.24) is 28.6 Å². The predicted molar refractivity (Wildman–Crippen MR) is 117 cm³/mol. The molecule has 2 aromatic rings. The van der Waals surface area contributed by atoms with E-state index in [9.17, 15) is 13.2 Å². The number of nitrogens with zero attached hydrogens (tertiary/aromatic N) is 6. The van der Waals surface area contributed by atoms with Crippen molar-refractivity contribution in [3.05, 3.63) is 36.5 Å². The Hall–Kier alpha value is -2.30. The first kappa shape index (κ1) is 21.9. The van der Waals surface area contributed by atoms with Crippen LogP contribution in [0.4, 0.5) is 0 Å². The molecule has 9 nitrogen and oxygen atoms in total. The highest BCUT2D eigenvalue weighted by Crippen LogP contribution is 2.23. The van der Waals surface area contributed by atoms with E-state index in [0.717, 1.165) is 38.9 Å². The van der Waals surface area contributed by atoms with Gasteiger partial charge in [-0.3, -0.25) is 9.36 Å². The Morgan fingerprint density at radius 3 is 2.65 bits per heavy atom. The van der Waals surface area contributed by atoms with Gasteiger partial charge >= 0.3 is 0 Å². The minimum atomic E-state index is -3.54. The number of amides is 1. The third-order valence-corrected chi connectivity index (χ3v) is 7.90. The van der Waals surface area contributed by atoms with E-state index in [1.54, 1.807) is 33.5 Å². The minimum absolute atomic E-state index is 0.0903. The van der Waals surface area contributed by atoms with Crippen molar-refractivity contribution in [2.24, 2.45) is 5.92 Å². The molecule has 31 heavy (non-hydrogen) atoms. The molecule has 0 radical (unpaired) electrons. The van der Waals surface area contributed by atoms with E-state index in [1.807, 2.05) is 4.90 Å². The van der Waals surface area contributed by atoms with Crippen LogP contribution < -0.4 is 0 Å². The zero-order valence-electron chi connectivity index (χ0n) is 18.1. The summed E-state index contributed by atoms with van der Waals surface area (Å²) < 4.78 is 29.0. The number of carbonyl (C=O) groups excluding carboxylic acids is 1. The standard InChI is InChI=1S/C21H30N6O3S/c1-17-5-3-10-27(14-17)31(29,30)18-6-7-20(22-13-18)26-15-19(23-16-26)21(28)25-9-4-8-24(2)11-12-25/h6-7,13,15-17H,3-5,8-12,14H2,1-2H3/t17-/m0/s1. The van der Waals surface area contributed by atoms with Crippen molar-refractivity contribution >= 4 is 15.9 Å². The van der Waals surface area contributed by atoms with E-state index >= 15 is 0 Å². The van der Waals surface area contributed by atoms with Gasteiger partial charge in [0.25, 0.3) is 5.91 Å². The number of piperidine rings is 1. The summed E-state index contributed by atoms with van der Waals surface area (Å²) in [4.78, 5) is 25.6. The van der Waals surface area contributed by atoms with E-state index < -0.39 is 10.0 Å². The molecule has 0 aliphatic carbocycles. The van der Waals surface area contributed by atoms with Gasteiger partial charge in [-0.25, -0.2) is 18.4 Å². The van der Waals surface area contributed by atoms with Gasteiger partial charge in [-0.2, -0.15) is 4.31 Å². The third-order valence-electron chi connectivity index (χ3n) is 6.05. The fourth-order valence-electron chi connectivity index (χ4n) is 4.16. The Labute approximate surface area is 183 Å². The molecule has 10 heteroatoms. The Kier molecular flexibility index (Phi) is 6.40. The quantitative estimate of drug-likeness (QED) is 0.706. The SMILES string of the molecule is C[C@H]1CCCN(S(=O)(=O)c2ccc(-n3cnc(C(=O)N4CCCN(C)CC4)c3)nc2)C1. The second kappa shape index (κ2) is 9.05. The fraction of sp³-hybridized carbons (Fsp3) is 0.571. The predicted octanol–water partition coefficient (Wildman–Crippen LogP) is 1.47. The van der Waals surface area contributed by atoms with Crippen molar-refractivity contribution in [3.8, 4) is 5.82 Å². The lowest BCUT2D eigenvalue weighted by Crippen LogP contribution is -2.39. The van der Waals surface area contributed by atoms with Gasteiger partial charge in [0.15, 0.2) is 0 Å². The van der Waals surface area contributed by atoms with Crippen LogP contribution >= 0.6 is 0 Å².